The van der Waals surface area contributed by atoms with Gasteiger partial charge in [0.15, 0.2) is 0 Å². The minimum atomic E-state index is -3.54. The van der Waals surface area contributed by atoms with Gasteiger partial charge >= 0.3 is 0 Å². The minimum Gasteiger partial charge on any atom is -0.383 e. The van der Waals surface area contributed by atoms with Crippen molar-refractivity contribution < 1.29 is 17.9 Å². The Morgan fingerprint density at radius 3 is 2.80 bits per heavy atom. The van der Waals surface area contributed by atoms with Crippen LogP contribution in [0, 0.1) is 0 Å². The van der Waals surface area contributed by atoms with E-state index < -0.39 is 10.0 Å². The summed E-state index contributed by atoms with van der Waals surface area (Å²) in [4.78, 5) is 11.8. The van der Waals surface area contributed by atoms with Crippen molar-refractivity contribution in [1.29, 1.82) is 0 Å². The van der Waals surface area contributed by atoms with Crippen LogP contribution in [0.1, 0.15) is 24.6 Å². The van der Waals surface area contributed by atoms with Crippen LogP contribution in [0.2, 0.25) is 0 Å². The number of halogens is 1. The number of carbonyl (C=O) groups excluding carboxylic acids is 1. The van der Waals surface area contributed by atoms with Crippen LogP contribution in [-0.2, 0) is 26.0 Å². The van der Waals surface area contributed by atoms with E-state index in [2.05, 4.69) is 15.4 Å². The van der Waals surface area contributed by atoms with Crippen molar-refractivity contribution in [1.82, 2.24) is 15.4 Å². The second kappa shape index (κ2) is 9.84. The van der Waals surface area contributed by atoms with Crippen LogP contribution in [0.5, 0.6) is 0 Å². The van der Waals surface area contributed by atoms with E-state index in [0.717, 1.165) is 24.3 Å². The summed E-state index contributed by atoms with van der Waals surface area (Å²) in [5.74, 6) is -0.0893. The van der Waals surface area contributed by atoms with E-state index in [4.69, 9.17) is 4.74 Å². The molecule has 1 aliphatic heterocycles. The number of rotatable bonds is 9. The highest BCUT2D eigenvalue weighted by Gasteiger charge is 2.35. The van der Waals surface area contributed by atoms with E-state index in [1.807, 2.05) is 0 Å². The third kappa shape index (κ3) is 6.50. The molecule has 2 heterocycles. The van der Waals surface area contributed by atoms with E-state index >= 15 is 0 Å². The number of thiophene rings is 1. The van der Waals surface area contributed by atoms with Crippen molar-refractivity contribution in [3.63, 3.8) is 0 Å². The van der Waals surface area contributed by atoms with Gasteiger partial charge in [-0.05, 0) is 37.9 Å². The van der Waals surface area contributed by atoms with Crippen LogP contribution in [0.4, 0.5) is 0 Å². The van der Waals surface area contributed by atoms with Gasteiger partial charge in [0.05, 0.1) is 12.1 Å². The zero-order valence-electron chi connectivity index (χ0n) is 14.5. The topological polar surface area (TPSA) is 96.5 Å². The highest BCUT2D eigenvalue weighted by molar-refractivity contribution is 7.91. The average molecular weight is 412 g/mol. The van der Waals surface area contributed by atoms with Gasteiger partial charge in [-0.15, -0.1) is 23.7 Å². The summed E-state index contributed by atoms with van der Waals surface area (Å²) in [5, 5.41) is 6.05. The molecule has 0 bridgehead atoms. The predicted octanol–water partition coefficient (Wildman–Crippen LogP) is 0.895. The van der Waals surface area contributed by atoms with Gasteiger partial charge < -0.3 is 15.4 Å². The van der Waals surface area contributed by atoms with Crippen molar-refractivity contribution in [2.75, 3.05) is 33.4 Å². The van der Waals surface area contributed by atoms with Crippen LogP contribution in [0.15, 0.2) is 16.3 Å². The predicted molar refractivity (Wildman–Crippen MR) is 101 cm³/mol. The monoisotopic (exact) mass is 411 g/mol. The Balaban J connectivity index is 0.00000312. The van der Waals surface area contributed by atoms with E-state index in [0.29, 0.717) is 30.3 Å². The van der Waals surface area contributed by atoms with Gasteiger partial charge in [-0.25, -0.2) is 13.1 Å². The molecule has 1 aromatic rings. The fourth-order valence-electron chi connectivity index (χ4n) is 2.77. The number of methoxy groups -OCH3 is 1. The number of ether oxygens (including phenoxy) is 1. The molecule has 0 aromatic carbocycles. The van der Waals surface area contributed by atoms with Gasteiger partial charge in [0.2, 0.25) is 15.9 Å². The molecule has 0 radical (unpaired) electrons. The van der Waals surface area contributed by atoms with Gasteiger partial charge in [-0.3, -0.25) is 4.79 Å². The molecule has 25 heavy (non-hydrogen) atoms. The number of hydrogen-bond donors (Lipinski definition) is 3. The second-order valence-corrected chi connectivity index (χ2v) is 9.18. The smallest absolute Gasteiger partial charge is 0.250 e. The molecule has 0 aliphatic carbocycles. The molecule has 0 saturated carbocycles. The summed E-state index contributed by atoms with van der Waals surface area (Å²) in [7, 11) is -1.92. The van der Waals surface area contributed by atoms with Crippen molar-refractivity contribution in [3.05, 3.63) is 17.0 Å². The normalized spacial score (nSPS) is 20.2. The Morgan fingerprint density at radius 1 is 1.44 bits per heavy atom. The molecule has 1 aromatic heterocycles. The molecule has 2 rings (SSSR count). The summed E-state index contributed by atoms with van der Waals surface area (Å²) in [6.07, 6.45) is 2.52. The molecule has 1 unspecified atom stereocenters. The van der Waals surface area contributed by atoms with Gasteiger partial charge in [-0.2, -0.15) is 0 Å². The Labute approximate surface area is 159 Å². The van der Waals surface area contributed by atoms with Gasteiger partial charge in [-0.1, -0.05) is 0 Å². The Hall–Kier alpha value is -0.710. The van der Waals surface area contributed by atoms with E-state index in [-0.39, 0.29) is 23.9 Å². The standard InChI is InChI=1S/C15H25N3O4S2.ClH/c1-12(19)16-9-6-13-4-5-14(23-13)24(20,21)18-10-15(11-22-2)7-3-8-17-15;/h4-5,17-18H,3,6-11H2,1-2H3,(H,16,19);1H. The molecular formula is C15H26ClN3O4S2. The van der Waals surface area contributed by atoms with Crippen molar-refractivity contribution in [2.45, 2.75) is 35.9 Å². The van der Waals surface area contributed by atoms with E-state index in [9.17, 15) is 13.2 Å². The largest absolute Gasteiger partial charge is 0.383 e. The van der Waals surface area contributed by atoms with Crippen LogP contribution < -0.4 is 15.4 Å². The number of carbonyl (C=O) groups is 1. The van der Waals surface area contributed by atoms with Gasteiger partial charge in [0, 0.05) is 32.0 Å². The summed E-state index contributed by atoms with van der Waals surface area (Å²) < 4.78 is 33.2. The number of sulfonamides is 1. The lowest BCUT2D eigenvalue weighted by Crippen LogP contribution is -2.52. The first-order valence-electron chi connectivity index (χ1n) is 7.94. The van der Waals surface area contributed by atoms with E-state index in [1.54, 1.807) is 19.2 Å². The van der Waals surface area contributed by atoms with Gasteiger partial charge in [0.1, 0.15) is 4.21 Å². The summed E-state index contributed by atoms with van der Waals surface area (Å²) in [6, 6.07) is 3.40. The maximum Gasteiger partial charge on any atom is 0.250 e. The van der Waals surface area contributed by atoms with Crippen LogP contribution in [-0.4, -0.2) is 53.2 Å². The van der Waals surface area contributed by atoms with Gasteiger partial charge in [0.25, 0.3) is 0 Å². The minimum absolute atomic E-state index is 0. The Bertz CT molecular complexity index is 657. The Morgan fingerprint density at radius 2 is 2.20 bits per heavy atom. The molecule has 1 saturated heterocycles. The molecule has 1 fully saturated rings. The second-order valence-electron chi connectivity index (χ2n) is 6.02. The lowest BCUT2D eigenvalue weighted by molar-refractivity contribution is -0.118. The molecule has 1 atom stereocenters. The summed E-state index contributed by atoms with van der Waals surface area (Å²) >= 11 is 1.23. The average Bonchev–Trinajstić information content (AvgIpc) is 3.16. The lowest BCUT2D eigenvalue weighted by Gasteiger charge is -2.28. The van der Waals surface area contributed by atoms with Crippen molar-refractivity contribution in [2.24, 2.45) is 0 Å². The molecule has 3 N–H and O–H groups in total. The van der Waals surface area contributed by atoms with Crippen molar-refractivity contribution >= 4 is 39.7 Å². The fourth-order valence-corrected chi connectivity index (χ4v) is 5.30. The quantitative estimate of drug-likeness (QED) is 0.561. The maximum absolute atomic E-state index is 12.5. The first-order valence-corrected chi connectivity index (χ1v) is 10.2. The zero-order chi connectivity index (χ0) is 17.6. The third-order valence-corrected chi connectivity index (χ3v) is 7.04. The molecule has 1 amide bonds. The zero-order valence-corrected chi connectivity index (χ0v) is 16.9. The molecule has 144 valence electrons. The lowest BCUT2D eigenvalue weighted by atomic mass is 9.99. The number of nitrogens with one attached hydrogen (secondary N) is 3. The Kier molecular flexibility index (Phi) is 8.79. The molecule has 7 nitrogen and oxygen atoms in total. The fraction of sp³-hybridized carbons (Fsp3) is 0.667. The first kappa shape index (κ1) is 22.3. The third-order valence-electron chi connectivity index (χ3n) is 4.00. The maximum atomic E-state index is 12.5. The summed E-state index contributed by atoms with van der Waals surface area (Å²) in [5.41, 5.74) is -0.326. The highest BCUT2D eigenvalue weighted by Crippen LogP contribution is 2.24. The van der Waals surface area contributed by atoms with Crippen LogP contribution in [0.25, 0.3) is 0 Å². The SMILES string of the molecule is COCC1(CNS(=O)(=O)c2ccc(CCNC(C)=O)s2)CCCN1.Cl. The van der Waals surface area contributed by atoms with Crippen LogP contribution in [0.3, 0.4) is 0 Å². The summed E-state index contributed by atoms with van der Waals surface area (Å²) in [6.45, 7) is 3.62. The molecule has 1 aliphatic rings. The number of hydrogen-bond acceptors (Lipinski definition) is 6. The van der Waals surface area contributed by atoms with Crippen LogP contribution >= 0.6 is 23.7 Å². The number of amides is 1. The molecule has 10 heteroatoms. The first-order chi connectivity index (χ1) is 11.4. The van der Waals surface area contributed by atoms with E-state index in [1.165, 1.54) is 18.3 Å². The molecular weight excluding hydrogens is 386 g/mol. The molecule has 0 spiro atoms. The highest BCUT2D eigenvalue weighted by atomic mass is 35.5. The van der Waals surface area contributed by atoms with Crippen molar-refractivity contribution in [3.8, 4) is 0 Å².